The molecule has 0 saturated carbocycles. The molecule has 1 aliphatic heterocycles. The number of rotatable bonds is 3. The molecule has 2 aromatic rings. The first-order chi connectivity index (χ1) is 10.9. The van der Waals surface area contributed by atoms with Crippen molar-refractivity contribution in [1.82, 2.24) is 15.1 Å². The first kappa shape index (κ1) is 16.0. The van der Waals surface area contributed by atoms with Crippen LogP contribution in [0.15, 0.2) is 18.3 Å². The number of aromatic amines is 1. The van der Waals surface area contributed by atoms with Crippen LogP contribution in [0.2, 0.25) is 0 Å². The molecule has 1 aromatic heterocycles. The fourth-order valence-corrected chi connectivity index (χ4v) is 3.47. The van der Waals surface area contributed by atoms with Gasteiger partial charge in [0.2, 0.25) is 5.91 Å². The van der Waals surface area contributed by atoms with Crippen LogP contribution in [0.5, 0.6) is 0 Å². The molecule has 3 rings (SSSR count). The maximum Gasteiger partial charge on any atom is 0.226 e. The Kier molecular flexibility index (Phi) is 4.15. The Morgan fingerprint density at radius 1 is 1.39 bits per heavy atom. The van der Waals surface area contributed by atoms with Gasteiger partial charge in [-0.15, -0.1) is 0 Å². The van der Waals surface area contributed by atoms with Crippen LogP contribution in [-0.4, -0.2) is 39.3 Å². The molecule has 1 unspecified atom stereocenters. The highest BCUT2D eigenvalue weighted by atomic mass is 16.3. The van der Waals surface area contributed by atoms with Crippen molar-refractivity contribution >= 4 is 16.8 Å². The topological polar surface area (TPSA) is 69.2 Å². The second-order valence-electron chi connectivity index (χ2n) is 7.70. The molecule has 0 aliphatic carbocycles. The molecule has 0 saturated heterocycles. The van der Waals surface area contributed by atoms with E-state index < -0.39 is 0 Å². The van der Waals surface area contributed by atoms with E-state index in [2.05, 4.69) is 37.0 Å². The number of aliphatic hydroxyl groups is 1. The summed E-state index contributed by atoms with van der Waals surface area (Å²) in [5, 5.41) is 17.6. The lowest BCUT2D eigenvalue weighted by molar-refractivity contribution is -0.137. The SMILES string of the molecule is CC(C)(C)CN1Cc2c(ccc3[nH]ncc23)CC(CCO)C1=O. The number of H-pyrrole nitrogens is 1. The Balaban J connectivity index is 2.05. The van der Waals surface area contributed by atoms with Gasteiger partial charge in [0.25, 0.3) is 0 Å². The lowest BCUT2D eigenvalue weighted by Gasteiger charge is -2.31. The summed E-state index contributed by atoms with van der Waals surface area (Å²) in [6.07, 6.45) is 3.05. The van der Waals surface area contributed by atoms with Crippen molar-refractivity contribution in [3.63, 3.8) is 0 Å². The molecule has 23 heavy (non-hydrogen) atoms. The number of benzene rings is 1. The summed E-state index contributed by atoms with van der Waals surface area (Å²) in [7, 11) is 0. The highest BCUT2D eigenvalue weighted by Gasteiger charge is 2.32. The number of hydrogen-bond donors (Lipinski definition) is 2. The predicted octanol–water partition coefficient (Wildman–Crippen LogP) is 2.49. The van der Waals surface area contributed by atoms with Gasteiger partial charge in [-0.05, 0) is 35.4 Å². The highest BCUT2D eigenvalue weighted by molar-refractivity contribution is 5.86. The summed E-state index contributed by atoms with van der Waals surface area (Å²) >= 11 is 0. The van der Waals surface area contributed by atoms with E-state index >= 15 is 0 Å². The zero-order chi connectivity index (χ0) is 16.6. The van der Waals surface area contributed by atoms with E-state index in [-0.39, 0.29) is 23.8 Å². The van der Waals surface area contributed by atoms with Crippen LogP contribution in [0.1, 0.15) is 38.3 Å². The zero-order valence-electron chi connectivity index (χ0n) is 14.1. The monoisotopic (exact) mass is 315 g/mol. The van der Waals surface area contributed by atoms with E-state index in [1.165, 1.54) is 11.1 Å². The van der Waals surface area contributed by atoms with Gasteiger partial charge in [0.05, 0.1) is 11.7 Å². The number of amides is 1. The van der Waals surface area contributed by atoms with E-state index in [4.69, 9.17) is 0 Å². The number of fused-ring (bicyclic) bond motifs is 3. The minimum absolute atomic E-state index is 0.0359. The third kappa shape index (κ3) is 3.24. The van der Waals surface area contributed by atoms with Crippen molar-refractivity contribution in [3.05, 3.63) is 29.5 Å². The summed E-state index contributed by atoms with van der Waals surface area (Å²) in [5.74, 6) is 0.00905. The van der Waals surface area contributed by atoms with Crippen LogP contribution in [-0.2, 0) is 17.8 Å². The number of nitrogens with zero attached hydrogens (tertiary/aromatic N) is 2. The van der Waals surface area contributed by atoms with Crippen LogP contribution in [0.3, 0.4) is 0 Å². The molecule has 2 N–H and O–H groups in total. The second kappa shape index (κ2) is 5.96. The Labute approximate surface area is 136 Å². The van der Waals surface area contributed by atoms with Gasteiger partial charge in [0.15, 0.2) is 0 Å². The molecule has 1 aromatic carbocycles. The van der Waals surface area contributed by atoms with Crippen LogP contribution in [0.25, 0.3) is 10.9 Å². The van der Waals surface area contributed by atoms with Crippen molar-refractivity contribution in [1.29, 1.82) is 0 Å². The second-order valence-corrected chi connectivity index (χ2v) is 7.70. The van der Waals surface area contributed by atoms with Crippen LogP contribution >= 0.6 is 0 Å². The molecule has 1 amide bonds. The standard InChI is InChI=1S/C18H25N3O2/c1-18(2,3)11-21-10-15-12(8-13(6-7-22)17(21)23)4-5-16-14(15)9-19-20-16/h4-5,9,13,22H,6-8,10-11H2,1-3H3,(H,19,20). The molecule has 124 valence electrons. The van der Waals surface area contributed by atoms with Crippen LogP contribution in [0, 0.1) is 11.3 Å². The summed E-state index contributed by atoms with van der Waals surface area (Å²) in [4.78, 5) is 14.9. The van der Waals surface area contributed by atoms with Gasteiger partial charge in [-0.2, -0.15) is 5.10 Å². The lowest BCUT2D eigenvalue weighted by Crippen LogP contribution is -2.40. The predicted molar refractivity (Wildman–Crippen MR) is 89.9 cm³/mol. The number of hydrogen-bond acceptors (Lipinski definition) is 3. The fourth-order valence-electron chi connectivity index (χ4n) is 3.47. The van der Waals surface area contributed by atoms with Crippen LogP contribution in [0.4, 0.5) is 0 Å². The van der Waals surface area contributed by atoms with E-state index in [1.54, 1.807) is 0 Å². The van der Waals surface area contributed by atoms with Crippen molar-refractivity contribution in [2.45, 2.75) is 40.2 Å². The van der Waals surface area contributed by atoms with Crippen molar-refractivity contribution in [2.24, 2.45) is 11.3 Å². The van der Waals surface area contributed by atoms with Gasteiger partial charge in [-0.3, -0.25) is 9.89 Å². The lowest BCUT2D eigenvalue weighted by atomic mass is 9.93. The molecule has 0 radical (unpaired) electrons. The molecular weight excluding hydrogens is 290 g/mol. The first-order valence-corrected chi connectivity index (χ1v) is 8.22. The third-order valence-corrected chi connectivity index (χ3v) is 4.45. The Hall–Kier alpha value is -1.88. The molecule has 0 spiro atoms. The summed E-state index contributed by atoms with van der Waals surface area (Å²) in [6.45, 7) is 7.80. The Bertz CT molecular complexity index is 715. The Morgan fingerprint density at radius 3 is 2.87 bits per heavy atom. The van der Waals surface area contributed by atoms with Crippen LogP contribution < -0.4 is 0 Å². The Morgan fingerprint density at radius 2 is 2.17 bits per heavy atom. The fraction of sp³-hybridized carbons (Fsp3) is 0.556. The van der Waals surface area contributed by atoms with Gasteiger partial charge in [0.1, 0.15) is 0 Å². The summed E-state index contributed by atoms with van der Waals surface area (Å²) in [5.41, 5.74) is 3.43. The van der Waals surface area contributed by atoms with Gasteiger partial charge in [-0.1, -0.05) is 26.8 Å². The van der Waals surface area contributed by atoms with Crippen molar-refractivity contribution in [2.75, 3.05) is 13.2 Å². The molecule has 1 atom stereocenters. The molecular formula is C18H25N3O2. The summed E-state index contributed by atoms with van der Waals surface area (Å²) in [6, 6.07) is 4.12. The molecule has 2 heterocycles. The average Bonchev–Trinajstić information content (AvgIpc) is 2.90. The van der Waals surface area contributed by atoms with E-state index in [0.717, 1.165) is 10.9 Å². The third-order valence-electron chi connectivity index (χ3n) is 4.45. The minimum atomic E-state index is -0.145. The summed E-state index contributed by atoms with van der Waals surface area (Å²) < 4.78 is 0. The normalized spacial score (nSPS) is 19.0. The number of carbonyl (C=O) groups excluding carboxylic acids is 1. The molecule has 5 heteroatoms. The molecule has 1 aliphatic rings. The van der Waals surface area contributed by atoms with E-state index in [0.29, 0.717) is 25.9 Å². The van der Waals surface area contributed by atoms with Gasteiger partial charge < -0.3 is 10.0 Å². The molecule has 0 fully saturated rings. The maximum absolute atomic E-state index is 12.9. The largest absolute Gasteiger partial charge is 0.396 e. The van der Waals surface area contributed by atoms with Gasteiger partial charge >= 0.3 is 0 Å². The van der Waals surface area contributed by atoms with Gasteiger partial charge in [-0.25, -0.2) is 0 Å². The zero-order valence-corrected chi connectivity index (χ0v) is 14.1. The van der Waals surface area contributed by atoms with Crippen molar-refractivity contribution < 1.29 is 9.90 Å². The quantitative estimate of drug-likeness (QED) is 0.914. The molecule has 5 nitrogen and oxygen atoms in total. The number of nitrogens with one attached hydrogen (secondary N) is 1. The minimum Gasteiger partial charge on any atom is -0.396 e. The smallest absolute Gasteiger partial charge is 0.226 e. The van der Waals surface area contributed by atoms with E-state index in [9.17, 15) is 9.90 Å². The average molecular weight is 315 g/mol. The highest BCUT2D eigenvalue weighted by Crippen LogP contribution is 2.31. The maximum atomic E-state index is 12.9. The number of aromatic nitrogens is 2. The molecule has 0 bridgehead atoms. The van der Waals surface area contributed by atoms with E-state index in [1.807, 2.05) is 17.2 Å². The number of aliphatic hydroxyl groups excluding tert-OH is 1. The van der Waals surface area contributed by atoms with Crippen molar-refractivity contribution in [3.8, 4) is 0 Å². The number of carbonyl (C=O) groups is 1. The first-order valence-electron chi connectivity index (χ1n) is 8.22. The van der Waals surface area contributed by atoms with Gasteiger partial charge in [0, 0.05) is 31.0 Å².